The predicted molar refractivity (Wildman–Crippen MR) is 150 cm³/mol. The first-order valence-corrected chi connectivity index (χ1v) is 13.2. The molecule has 4 rings (SSSR count). The molecule has 0 saturated carbocycles. The van der Waals surface area contributed by atoms with Crippen LogP contribution in [0.25, 0.3) is 0 Å². The van der Waals surface area contributed by atoms with E-state index >= 15 is 0 Å². The van der Waals surface area contributed by atoms with E-state index < -0.39 is 12.2 Å². The monoisotopic (exact) mass is 551 g/mol. The van der Waals surface area contributed by atoms with Gasteiger partial charge >= 0.3 is 6.09 Å². The van der Waals surface area contributed by atoms with E-state index in [4.69, 9.17) is 28.4 Å². The van der Waals surface area contributed by atoms with Gasteiger partial charge in [-0.05, 0) is 66.3 Å². The van der Waals surface area contributed by atoms with E-state index in [1.807, 2.05) is 48.5 Å². The number of carbonyl (C=O) groups is 1. The quantitative estimate of drug-likeness (QED) is 0.335. The Hall–Kier alpha value is -4.11. The zero-order valence-electron chi connectivity index (χ0n) is 23.6. The van der Waals surface area contributed by atoms with E-state index in [9.17, 15) is 9.90 Å². The summed E-state index contributed by atoms with van der Waals surface area (Å²) in [6.45, 7) is 2.43. The Balaban J connectivity index is 1.70. The van der Waals surface area contributed by atoms with Crippen molar-refractivity contribution in [3.8, 4) is 28.7 Å². The highest BCUT2D eigenvalue weighted by atomic mass is 16.6. The fourth-order valence-corrected chi connectivity index (χ4v) is 5.06. The van der Waals surface area contributed by atoms with Crippen LogP contribution in [0.5, 0.6) is 28.7 Å². The predicted octanol–water partition coefficient (Wildman–Crippen LogP) is 5.48. The van der Waals surface area contributed by atoms with Gasteiger partial charge in [0.15, 0.2) is 23.0 Å². The summed E-state index contributed by atoms with van der Waals surface area (Å²) in [7, 11) is 6.28. The Kier molecular flexibility index (Phi) is 9.60. The normalized spacial score (nSPS) is 16.1. The van der Waals surface area contributed by atoms with Crippen LogP contribution in [0.3, 0.4) is 0 Å². The van der Waals surface area contributed by atoms with E-state index in [1.165, 1.54) is 0 Å². The molecule has 3 aromatic rings. The average Bonchev–Trinajstić information content (AvgIpc) is 2.98. The molecular weight excluding hydrogens is 514 g/mol. The van der Waals surface area contributed by atoms with Gasteiger partial charge < -0.3 is 33.5 Å². The van der Waals surface area contributed by atoms with Crippen LogP contribution in [0, 0.1) is 0 Å². The number of fused-ring (bicyclic) bond motifs is 1. The topological polar surface area (TPSA) is 95.9 Å². The zero-order chi connectivity index (χ0) is 28.6. The van der Waals surface area contributed by atoms with Crippen molar-refractivity contribution in [2.75, 3.05) is 41.6 Å². The summed E-state index contributed by atoms with van der Waals surface area (Å²) in [5.74, 6) is 2.67. The lowest BCUT2D eigenvalue weighted by molar-refractivity contribution is 0.0426. The summed E-state index contributed by atoms with van der Waals surface area (Å²) in [4.78, 5) is 14.6. The third kappa shape index (κ3) is 6.20. The molecule has 1 aliphatic heterocycles. The highest BCUT2D eigenvalue weighted by molar-refractivity contribution is 5.69. The summed E-state index contributed by atoms with van der Waals surface area (Å²) in [5.41, 5.74) is 3.43. The number of carbonyl (C=O) groups excluding carboxylic acids is 1. The fraction of sp³-hybridized carbons (Fsp3) is 0.387. The molecule has 0 saturated heterocycles. The van der Waals surface area contributed by atoms with Crippen LogP contribution in [0.1, 0.15) is 47.7 Å². The van der Waals surface area contributed by atoms with Crippen LogP contribution in [0.2, 0.25) is 0 Å². The molecule has 0 aliphatic carbocycles. The number of benzene rings is 3. The standard InChI is InChI=1S/C31H37NO8/c1-6-39-31(34)32-18-25(33)23-17-26(35-2)27(40-19-20-10-8-7-9-11-20)16-22(23)24(32)13-12-21-14-28(36-3)30(38-5)29(15-21)37-4/h7-11,14-17,24-25,33H,6,12-13,18-19H2,1-5H3/t24-,25-/m0/s1. The molecule has 1 N–H and O–H groups in total. The van der Waals surface area contributed by atoms with Crippen molar-refractivity contribution >= 4 is 6.09 Å². The van der Waals surface area contributed by atoms with Crippen molar-refractivity contribution < 1.29 is 38.3 Å². The molecule has 0 fully saturated rings. The smallest absolute Gasteiger partial charge is 0.410 e. The summed E-state index contributed by atoms with van der Waals surface area (Å²) in [6.07, 6.45) is -0.265. The Morgan fingerprint density at radius 2 is 1.50 bits per heavy atom. The number of aliphatic hydroxyl groups excluding tert-OH is 1. The van der Waals surface area contributed by atoms with Gasteiger partial charge in [-0.25, -0.2) is 4.79 Å². The minimum atomic E-state index is -0.908. The van der Waals surface area contributed by atoms with Gasteiger partial charge in [-0.1, -0.05) is 30.3 Å². The van der Waals surface area contributed by atoms with Gasteiger partial charge in [-0.15, -0.1) is 0 Å². The molecule has 0 unspecified atom stereocenters. The number of nitrogens with zero attached hydrogens (tertiary/aromatic N) is 1. The first-order valence-electron chi connectivity index (χ1n) is 13.2. The first-order chi connectivity index (χ1) is 19.4. The highest BCUT2D eigenvalue weighted by Crippen LogP contribution is 2.44. The van der Waals surface area contributed by atoms with Crippen LogP contribution in [0.15, 0.2) is 54.6 Å². The average molecular weight is 552 g/mol. The van der Waals surface area contributed by atoms with Crippen LogP contribution >= 0.6 is 0 Å². The highest BCUT2D eigenvalue weighted by Gasteiger charge is 2.37. The van der Waals surface area contributed by atoms with E-state index in [0.717, 1.165) is 16.7 Å². The molecule has 2 atom stereocenters. The van der Waals surface area contributed by atoms with E-state index in [2.05, 4.69) is 0 Å². The summed E-state index contributed by atoms with van der Waals surface area (Å²) >= 11 is 0. The molecular formula is C31H37NO8. The van der Waals surface area contributed by atoms with Gasteiger partial charge in [-0.3, -0.25) is 4.90 Å². The number of ether oxygens (including phenoxy) is 6. The van der Waals surface area contributed by atoms with Gasteiger partial charge in [0, 0.05) is 0 Å². The SMILES string of the molecule is CCOC(=O)N1C[C@H](O)c2cc(OC)c(OCc3ccccc3)cc2[C@@H]1CCc1cc(OC)c(OC)c(OC)c1. The third-order valence-corrected chi connectivity index (χ3v) is 7.00. The molecule has 0 bridgehead atoms. The lowest BCUT2D eigenvalue weighted by atomic mass is 9.87. The second-order valence-corrected chi connectivity index (χ2v) is 9.36. The molecule has 40 heavy (non-hydrogen) atoms. The maximum Gasteiger partial charge on any atom is 0.410 e. The number of hydrogen-bond acceptors (Lipinski definition) is 8. The third-order valence-electron chi connectivity index (χ3n) is 7.00. The second-order valence-electron chi connectivity index (χ2n) is 9.36. The molecule has 3 aromatic carbocycles. The van der Waals surface area contributed by atoms with Gasteiger partial charge in [0.05, 0.1) is 53.7 Å². The summed E-state index contributed by atoms with van der Waals surface area (Å²) in [5, 5.41) is 11.1. The molecule has 0 spiro atoms. The number of hydrogen-bond donors (Lipinski definition) is 1. The van der Waals surface area contributed by atoms with Gasteiger partial charge in [0.1, 0.15) is 6.61 Å². The molecule has 0 aromatic heterocycles. The molecule has 0 radical (unpaired) electrons. The molecule has 9 heteroatoms. The summed E-state index contributed by atoms with van der Waals surface area (Å²) < 4.78 is 33.7. The van der Waals surface area contributed by atoms with Gasteiger partial charge in [0.2, 0.25) is 5.75 Å². The van der Waals surface area contributed by atoms with E-state index in [0.29, 0.717) is 53.8 Å². The number of methoxy groups -OCH3 is 4. The maximum absolute atomic E-state index is 13.1. The first kappa shape index (κ1) is 28.9. The number of rotatable bonds is 11. The minimum Gasteiger partial charge on any atom is -0.493 e. The Labute approximate surface area is 235 Å². The fourth-order valence-electron chi connectivity index (χ4n) is 5.06. The lowest BCUT2D eigenvalue weighted by Crippen LogP contribution is -2.42. The molecule has 9 nitrogen and oxygen atoms in total. The van der Waals surface area contributed by atoms with E-state index in [-0.39, 0.29) is 19.2 Å². The van der Waals surface area contributed by atoms with Gasteiger partial charge in [-0.2, -0.15) is 0 Å². The van der Waals surface area contributed by atoms with Crippen molar-refractivity contribution in [2.24, 2.45) is 0 Å². The molecule has 1 heterocycles. The van der Waals surface area contributed by atoms with Crippen molar-refractivity contribution in [3.63, 3.8) is 0 Å². The van der Waals surface area contributed by atoms with Crippen LogP contribution in [-0.2, 0) is 17.8 Å². The number of aryl methyl sites for hydroxylation is 1. The van der Waals surface area contributed by atoms with Crippen molar-refractivity contribution in [2.45, 2.75) is 38.5 Å². The Morgan fingerprint density at radius 3 is 2.10 bits per heavy atom. The number of β-amino-alcohol motifs (C(OH)–C–C–N with tert-alkyl or cyclic N) is 1. The number of aliphatic hydroxyl groups is 1. The second kappa shape index (κ2) is 13.3. The van der Waals surface area contributed by atoms with Crippen molar-refractivity contribution in [1.82, 2.24) is 4.90 Å². The zero-order valence-corrected chi connectivity index (χ0v) is 23.6. The molecule has 1 amide bonds. The Morgan fingerprint density at radius 1 is 0.850 bits per heavy atom. The summed E-state index contributed by atoms with van der Waals surface area (Å²) in [6, 6.07) is 16.9. The largest absolute Gasteiger partial charge is 0.493 e. The minimum absolute atomic E-state index is 0.0964. The maximum atomic E-state index is 13.1. The number of amides is 1. The lowest BCUT2D eigenvalue weighted by Gasteiger charge is -2.39. The Bertz CT molecular complexity index is 1270. The van der Waals surface area contributed by atoms with Crippen LogP contribution in [0.4, 0.5) is 4.79 Å². The van der Waals surface area contributed by atoms with Crippen molar-refractivity contribution in [3.05, 3.63) is 76.9 Å². The van der Waals surface area contributed by atoms with E-state index in [1.54, 1.807) is 46.3 Å². The van der Waals surface area contributed by atoms with Gasteiger partial charge in [0.25, 0.3) is 0 Å². The van der Waals surface area contributed by atoms with Crippen LogP contribution in [-0.4, -0.2) is 57.7 Å². The van der Waals surface area contributed by atoms with Crippen LogP contribution < -0.4 is 23.7 Å². The van der Waals surface area contributed by atoms with Crippen molar-refractivity contribution in [1.29, 1.82) is 0 Å². The molecule has 214 valence electrons. The molecule has 1 aliphatic rings.